The maximum atomic E-state index is 12.5. The summed E-state index contributed by atoms with van der Waals surface area (Å²) in [4.78, 5) is 19.3. The number of aromatic nitrogens is 3. The highest BCUT2D eigenvalue weighted by atomic mass is 16.2. The molecule has 0 bridgehead atoms. The van der Waals surface area contributed by atoms with Gasteiger partial charge in [0.05, 0.1) is 5.69 Å². The highest BCUT2D eigenvalue weighted by Gasteiger charge is 2.58. The molecule has 0 radical (unpaired) electrons. The number of hydrogen-bond acceptors (Lipinski definition) is 4. The molecule has 2 saturated carbocycles. The number of carbonyl (C=O) groups is 1. The molecule has 2 aliphatic carbocycles. The Balaban J connectivity index is 1.40. The molecule has 6 nitrogen and oxygen atoms in total. The molecule has 1 atom stereocenters. The van der Waals surface area contributed by atoms with E-state index >= 15 is 0 Å². The third-order valence-electron chi connectivity index (χ3n) is 6.15. The second-order valence-electron chi connectivity index (χ2n) is 8.01. The van der Waals surface area contributed by atoms with Crippen molar-refractivity contribution in [1.82, 2.24) is 19.9 Å². The number of hydrogen-bond donors (Lipinski definition) is 1. The minimum Gasteiger partial charge on any atom is -0.355 e. The van der Waals surface area contributed by atoms with E-state index in [1.54, 1.807) is 0 Å². The van der Waals surface area contributed by atoms with Gasteiger partial charge in [0.1, 0.15) is 5.82 Å². The Bertz CT molecular complexity index is 821. The van der Waals surface area contributed by atoms with Gasteiger partial charge in [-0.15, -0.1) is 0 Å². The predicted octanol–water partition coefficient (Wildman–Crippen LogP) is 2.87. The zero-order valence-electron chi connectivity index (χ0n) is 16.1. The Kier molecular flexibility index (Phi) is 4.37. The standard InChI is InChI=1S/C20H29N5O/c1-4-24(18-12-14(2)22-17-11-15(3)23-25(17)18)10-9-21-19(26)16-13-20(16)7-5-6-8-20/h11-12,16H,4-10,13H2,1-3H3,(H,21,26). The van der Waals surface area contributed by atoms with Gasteiger partial charge in [0.15, 0.2) is 5.65 Å². The molecule has 0 aliphatic heterocycles. The van der Waals surface area contributed by atoms with E-state index in [1.807, 2.05) is 24.4 Å². The molecule has 0 aromatic carbocycles. The van der Waals surface area contributed by atoms with Crippen LogP contribution in [0.1, 0.15) is 50.4 Å². The number of rotatable bonds is 6. The zero-order chi connectivity index (χ0) is 18.3. The SMILES string of the molecule is CCN(CCNC(=O)C1CC12CCCC2)c1cc(C)nc2cc(C)nn12. The molecule has 0 saturated heterocycles. The first kappa shape index (κ1) is 17.3. The fraction of sp³-hybridized carbons (Fsp3) is 0.650. The van der Waals surface area contributed by atoms with Crippen LogP contribution in [-0.2, 0) is 4.79 Å². The van der Waals surface area contributed by atoms with Crippen LogP contribution >= 0.6 is 0 Å². The van der Waals surface area contributed by atoms with Crippen molar-refractivity contribution in [3.63, 3.8) is 0 Å². The topological polar surface area (TPSA) is 62.5 Å². The van der Waals surface area contributed by atoms with Gasteiger partial charge in [-0.3, -0.25) is 4.79 Å². The van der Waals surface area contributed by atoms with Crippen LogP contribution in [-0.4, -0.2) is 40.1 Å². The summed E-state index contributed by atoms with van der Waals surface area (Å²) < 4.78 is 1.90. The van der Waals surface area contributed by atoms with Gasteiger partial charge >= 0.3 is 0 Å². The van der Waals surface area contributed by atoms with Crippen molar-refractivity contribution < 1.29 is 4.79 Å². The van der Waals surface area contributed by atoms with E-state index in [-0.39, 0.29) is 11.8 Å². The first-order valence-corrected chi connectivity index (χ1v) is 9.89. The minimum atomic E-state index is 0.258. The summed E-state index contributed by atoms with van der Waals surface area (Å²) in [5.41, 5.74) is 3.19. The number of likely N-dealkylation sites (N-methyl/N-ethyl adjacent to an activating group) is 1. The van der Waals surface area contributed by atoms with Crippen molar-refractivity contribution in [2.45, 2.75) is 52.9 Å². The monoisotopic (exact) mass is 355 g/mol. The first-order chi connectivity index (χ1) is 12.5. The summed E-state index contributed by atoms with van der Waals surface area (Å²) in [7, 11) is 0. The maximum absolute atomic E-state index is 12.5. The van der Waals surface area contributed by atoms with Crippen molar-refractivity contribution in [2.24, 2.45) is 11.3 Å². The van der Waals surface area contributed by atoms with Crippen LogP contribution in [0.5, 0.6) is 0 Å². The van der Waals surface area contributed by atoms with E-state index in [0.717, 1.165) is 42.4 Å². The number of nitrogens with zero attached hydrogens (tertiary/aromatic N) is 4. The Morgan fingerprint density at radius 2 is 2.08 bits per heavy atom. The largest absolute Gasteiger partial charge is 0.355 e. The van der Waals surface area contributed by atoms with Crippen LogP contribution in [0.4, 0.5) is 5.82 Å². The van der Waals surface area contributed by atoms with E-state index in [4.69, 9.17) is 0 Å². The number of fused-ring (bicyclic) bond motifs is 1. The van der Waals surface area contributed by atoms with Gasteiger partial charge in [0.2, 0.25) is 5.91 Å². The van der Waals surface area contributed by atoms with E-state index in [9.17, 15) is 4.79 Å². The molecular formula is C20H29N5O. The van der Waals surface area contributed by atoms with Crippen molar-refractivity contribution in [3.05, 3.63) is 23.5 Å². The number of carbonyl (C=O) groups excluding carboxylic acids is 1. The summed E-state index contributed by atoms with van der Waals surface area (Å²) in [6, 6.07) is 4.07. The number of nitrogens with one attached hydrogen (secondary N) is 1. The Morgan fingerprint density at radius 1 is 1.31 bits per heavy atom. The lowest BCUT2D eigenvalue weighted by Gasteiger charge is -2.24. The molecule has 1 N–H and O–H groups in total. The summed E-state index contributed by atoms with van der Waals surface area (Å²) >= 11 is 0. The summed E-state index contributed by atoms with van der Waals surface area (Å²) in [5.74, 6) is 1.56. The fourth-order valence-electron chi connectivity index (χ4n) is 4.64. The Morgan fingerprint density at radius 3 is 2.81 bits per heavy atom. The molecule has 2 aromatic heterocycles. The van der Waals surface area contributed by atoms with Gasteiger partial charge in [-0.1, -0.05) is 12.8 Å². The predicted molar refractivity (Wildman–Crippen MR) is 102 cm³/mol. The minimum absolute atomic E-state index is 0.258. The normalized spacial score (nSPS) is 20.7. The molecular weight excluding hydrogens is 326 g/mol. The molecule has 2 fully saturated rings. The highest BCUT2D eigenvalue weighted by Crippen LogP contribution is 2.62. The average molecular weight is 355 g/mol. The lowest BCUT2D eigenvalue weighted by Crippen LogP contribution is -2.37. The second-order valence-corrected chi connectivity index (χ2v) is 8.01. The molecule has 6 heteroatoms. The molecule has 2 aliphatic rings. The molecule has 2 aromatic rings. The van der Waals surface area contributed by atoms with E-state index in [2.05, 4.69) is 33.3 Å². The maximum Gasteiger partial charge on any atom is 0.223 e. The lowest BCUT2D eigenvalue weighted by molar-refractivity contribution is -0.123. The summed E-state index contributed by atoms with van der Waals surface area (Å²) in [6.45, 7) is 8.44. The molecule has 140 valence electrons. The molecule has 4 rings (SSSR count). The fourth-order valence-corrected chi connectivity index (χ4v) is 4.64. The van der Waals surface area contributed by atoms with E-state index in [0.29, 0.717) is 12.0 Å². The molecule has 1 unspecified atom stereocenters. The quantitative estimate of drug-likeness (QED) is 0.865. The highest BCUT2D eigenvalue weighted by molar-refractivity contribution is 5.82. The van der Waals surface area contributed by atoms with Gasteiger partial charge < -0.3 is 10.2 Å². The third-order valence-corrected chi connectivity index (χ3v) is 6.15. The Labute approximate surface area is 155 Å². The van der Waals surface area contributed by atoms with E-state index < -0.39 is 0 Å². The van der Waals surface area contributed by atoms with Crippen LogP contribution in [0, 0.1) is 25.2 Å². The lowest BCUT2D eigenvalue weighted by atomic mass is 10.0. The van der Waals surface area contributed by atoms with Crippen LogP contribution in [0.3, 0.4) is 0 Å². The second kappa shape index (κ2) is 6.56. The first-order valence-electron chi connectivity index (χ1n) is 9.89. The van der Waals surface area contributed by atoms with Crippen LogP contribution in [0.2, 0.25) is 0 Å². The van der Waals surface area contributed by atoms with Gasteiger partial charge in [-0.25, -0.2) is 4.98 Å². The van der Waals surface area contributed by atoms with Crippen molar-refractivity contribution in [3.8, 4) is 0 Å². The summed E-state index contributed by atoms with van der Waals surface area (Å²) in [6.07, 6.45) is 6.20. The number of amides is 1. The van der Waals surface area contributed by atoms with Crippen LogP contribution in [0.15, 0.2) is 12.1 Å². The van der Waals surface area contributed by atoms with Crippen LogP contribution in [0.25, 0.3) is 5.65 Å². The average Bonchev–Trinajstić information content (AvgIpc) is 2.90. The van der Waals surface area contributed by atoms with Crippen molar-refractivity contribution in [2.75, 3.05) is 24.5 Å². The smallest absolute Gasteiger partial charge is 0.223 e. The number of anilines is 1. The van der Waals surface area contributed by atoms with Gasteiger partial charge in [-0.05, 0) is 45.4 Å². The van der Waals surface area contributed by atoms with Crippen LogP contribution < -0.4 is 10.2 Å². The molecule has 1 spiro atoms. The van der Waals surface area contributed by atoms with Gasteiger partial charge in [0.25, 0.3) is 0 Å². The van der Waals surface area contributed by atoms with Crippen molar-refractivity contribution >= 4 is 17.4 Å². The van der Waals surface area contributed by atoms with Gasteiger partial charge in [0, 0.05) is 43.4 Å². The zero-order valence-corrected chi connectivity index (χ0v) is 16.1. The summed E-state index contributed by atoms with van der Waals surface area (Å²) in [5, 5.41) is 7.75. The Hall–Kier alpha value is -2.11. The number of aryl methyl sites for hydroxylation is 2. The molecule has 1 amide bonds. The van der Waals surface area contributed by atoms with E-state index in [1.165, 1.54) is 25.7 Å². The molecule has 26 heavy (non-hydrogen) atoms. The van der Waals surface area contributed by atoms with Crippen molar-refractivity contribution in [1.29, 1.82) is 0 Å². The molecule has 2 heterocycles. The third kappa shape index (κ3) is 3.06. The van der Waals surface area contributed by atoms with Gasteiger partial charge in [-0.2, -0.15) is 9.61 Å².